The third kappa shape index (κ3) is 2.98. The van der Waals surface area contributed by atoms with Crippen molar-refractivity contribution in [2.45, 2.75) is 26.7 Å². The number of fused-ring (bicyclic) bond motifs is 1. The van der Waals surface area contributed by atoms with Gasteiger partial charge in [-0.1, -0.05) is 19.1 Å². The van der Waals surface area contributed by atoms with E-state index in [1.54, 1.807) is 0 Å². The van der Waals surface area contributed by atoms with Gasteiger partial charge >= 0.3 is 0 Å². The zero-order valence-electron chi connectivity index (χ0n) is 12.7. The van der Waals surface area contributed by atoms with Gasteiger partial charge in [0.25, 0.3) is 0 Å². The molecule has 0 atom stereocenters. The van der Waals surface area contributed by atoms with Crippen LogP contribution in [0.25, 0.3) is 17.0 Å². The highest BCUT2D eigenvalue weighted by Gasteiger charge is 2.06. The van der Waals surface area contributed by atoms with E-state index in [1.807, 2.05) is 61.0 Å². The number of carbonyl (C=O) groups excluding carboxylic acids is 1. The summed E-state index contributed by atoms with van der Waals surface area (Å²) >= 11 is 0. The summed E-state index contributed by atoms with van der Waals surface area (Å²) in [6, 6.07) is 9.65. The number of anilines is 1. The second kappa shape index (κ2) is 5.97. The molecule has 0 spiro atoms. The second-order valence-electron chi connectivity index (χ2n) is 5.28. The highest BCUT2D eigenvalue weighted by molar-refractivity contribution is 5.90. The minimum Gasteiger partial charge on any atom is -0.326 e. The SMILES string of the molecule is CCCC(=O)Nc1ccc(-c2cn3ccc(C)nc3n2)cc1. The predicted octanol–water partition coefficient (Wildman–Crippen LogP) is 3.44. The van der Waals surface area contributed by atoms with Crippen molar-refractivity contribution in [1.82, 2.24) is 14.4 Å². The number of nitrogens with one attached hydrogen (secondary N) is 1. The Hall–Kier alpha value is -2.69. The molecule has 1 amide bonds. The Labute approximate surface area is 129 Å². The van der Waals surface area contributed by atoms with E-state index in [0.29, 0.717) is 12.2 Å². The van der Waals surface area contributed by atoms with E-state index in [1.165, 1.54) is 0 Å². The number of benzene rings is 1. The Kier molecular flexibility index (Phi) is 3.87. The van der Waals surface area contributed by atoms with Crippen molar-refractivity contribution >= 4 is 17.4 Å². The molecule has 0 aliphatic carbocycles. The number of imidazole rings is 1. The summed E-state index contributed by atoms with van der Waals surface area (Å²) < 4.78 is 1.90. The maximum Gasteiger partial charge on any atom is 0.234 e. The molecule has 3 rings (SSSR count). The van der Waals surface area contributed by atoms with Crippen LogP contribution in [0, 0.1) is 6.92 Å². The van der Waals surface area contributed by atoms with Crippen LogP contribution in [0.1, 0.15) is 25.5 Å². The summed E-state index contributed by atoms with van der Waals surface area (Å²) in [7, 11) is 0. The molecule has 0 saturated carbocycles. The third-order valence-corrected chi connectivity index (χ3v) is 3.41. The topological polar surface area (TPSA) is 59.3 Å². The smallest absolute Gasteiger partial charge is 0.234 e. The number of hydrogen-bond acceptors (Lipinski definition) is 3. The molecule has 0 aliphatic rings. The van der Waals surface area contributed by atoms with Crippen LogP contribution < -0.4 is 5.32 Å². The quantitative estimate of drug-likeness (QED) is 0.802. The number of nitrogens with zero attached hydrogens (tertiary/aromatic N) is 3. The number of carbonyl (C=O) groups is 1. The molecule has 0 fully saturated rings. The van der Waals surface area contributed by atoms with Gasteiger partial charge in [-0.05, 0) is 31.5 Å². The number of rotatable bonds is 4. The summed E-state index contributed by atoms with van der Waals surface area (Å²) in [6.45, 7) is 3.93. The van der Waals surface area contributed by atoms with Gasteiger partial charge in [-0.25, -0.2) is 9.97 Å². The summed E-state index contributed by atoms with van der Waals surface area (Å²) in [5, 5.41) is 2.88. The molecule has 112 valence electrons. The lowest BCUT2D eigenvalue weighted by atomic mass is 10.1. The van der Waals surface area contributed by atoms with Gasteiger partial charge in [0.1, 0.15) is 0 Å². The maximum absolute atomic E-state index is 11.6. The van der Waals surface area contributed by atoms with Gasteiger partial charge in [0, 0.05) is 35.8 Å². The Morgan fingerprint density at radius 3 is 2.68 bits per heavy atom. The average Bonchev–Trinajstić information content (AvgIpc) is 2.91. The highest BCUT2D eigenvalue weighted by atomic mass is 16.1. The lowest BCUT2D eigenvalue weighted by molar-refractivity contribution is -0.116. The van der Waals surface area contributed by atoms with E-state index in [9.17, 15) is 4.79 Å². The number of aryl methyl sites for hydroxylation is 1. The summed E-state index contributed by atoms with van der Waals surface area (Å²) in [5.41, 5.74) is 3.61. The number of hydrogen-bond donors (Lipinski definition) is 1. The summed E-state index contributed by atoms with van der Waals surface area (Å²) in [4.78, 5) is 20.5. The van der Waals surface area contributed by atoms with Gasteiger partial charge in [-0.3, -0.25) is 9.20 Å². The van der Waals surface area contributed by atoms with Crippen LogP contribution in [-0.2, 0) is 4.79 Å². The standard InChI is InChI=1S/C17H18N4O/c1-3-4-16(22)19-14-7-5-13(6-8-14)15-11-21-10-9-12(2)18-17(21)20-15/h5-11H,3-4H2,1-2H3,(H,19,22). The molecule has 0 unspecified atom stereocenters. The fourth-order valence-corrected chi connectivity index (χ4v) is 2.27. The average molecular weight is 294 g/mol. The van der Waals surface area contributed by atoms with Gasteiger partial charge in [0.2, 0.25) is 11.7 Å². The first-order valence-electron chi connectivity index (χ1n) is 7.38. The van der Waals surface area contributed by atoms with Crippen LogP contribution in [0.5, 0.6) is 0 Å². The minimum absolute atomic E-state index is 0.0441. The molecule has 3 aromatic rings. The first kappa shape index (κ1) is 14.3. The van der Waals surface area contributed by atoms with Crippen molar-refractivity contribution in [3.63, 3.8) is 0 Å². The Balaban J connectivity index is 1.83. The fraction of sp³-hybridized carbons (Fsp3) is 0.235. The molecular formula is C17H18N4O. The first-order valence-corrected chi connectivity index (χ1v) is 7.38. The molecule has 0 radical (unpaired) electrons. The van der Waals surface area contributed by atoms with Gasteiger partial charge < -0.3 is 5.32 Å². The zero-order chi connectivity index (χ0) is 15.5. The lowest BCUT2D eigenvalue weighted by Crippen LogP contribution is -2.10. The van der Waals surface area contributed by atoms with Crippen LogP contribution in [-0.4, -0.2) is 20.3 Å². The molecule has 0 aliphatic heterocycles. The molecule has 0 saturated heterocycles. The fourth-order valence-electron chi connectivity index (χ4n) is 2.27. The van der Waals surface area contributed by atoms with Gasteiger partial charge in [0.15, 0.2) is 0 Å². The van der Waals surface area contributed by atoms with Crippen LogP contribution in [0.15, 0.2) is 42.7 Å². The van der Waals surface area contributed by atoms with Crippen molar-refractivity contribution in [3.8, 4) is 11.3 Å². The van der Waals surface area contributed by atoms with Crippen LogP contribution in [0.3, 0.4) is 0 Å². The first-order chi connectivity index (χ1) is 10.7. The van der Waals surface area contributed by atoms with Crippen LogP contribution >= 0.6 is 0 Å². The van der Waals surface area contributed by atoms with E-state index >= 15 is 0 Å². The Morgan fingerprint density at radius 1 is 1.18 bits per heavy atom. The number of aromatic nitrogens is 3. The third-order valence-electron chi connectivity index (χ3n) is 3.41. The maximum atomic E-state index is 11.6. The van der Waals surface area contributed by atoms with Crippen LogP contribution in [0.2, 0.25) is 0 Å². The largest absolute Gasteiger partial charge is 0.326 e. The van der Waals surface area contributed by atoms with Crippen molar-refractivity contribution in [2.75, 3.05) is 5.32 Å². The van der Waals surface area contributed by atoms with Crippen molar-refractivity contribution in [2.24, 2.45) is 0 Å². The highest BCUT2D eigenvalue weighted by Crippen LogP contribution is 2.21. The predicted molar refractivity (Wildman–Crippen MR) is 86.7 cm³/mol. The van der Waals surface area contributed by atoms with E-state index in [2.05, 4.69) is 15.3 Å². The Morgan fingerprint density at radius 2 is 1.95 bits per heavy atom. The molecular weight excluding hydrogens is 276 g/mol. The molecule has 1 aromatic carbocycles. The monoisotopic (exact) mass is 294 g/mol. The zero-order valence-corrected chi connectivity index (χ0v) is 12.7. The van der Waals surface area contributed by atoms with Gasteiger partial charge in [-0.15, -0.1) is 0 Å². The van der Waals surface area contributed by atoms with Crippen LogP contribution in [0.4, 0.5) is 5.69 Å². The number of amides is 1. The molecule has 2 aromatic heterocycles. The van der Waals surface area contributed by atoms with Crippen molar-refractivity contribution in [3.05, 3.63) is 48.4 Å². The normalized spacial score (nSPS) is 10.8. The molecule has 1 N–H and O–H groups in total. The van der Waals surface area contributed by atoms with E-state index in [4.69, 9.17) is 0 Å². The molecule has 2 heterocycles. The lowest BCUT2D eigenvalue weighted by Gasteiger charge is -2.04. The van der Waals surface area contributed by atoms with Gasteiger partial charge in [0.05, 0.1) is 5.69 Å². The molecule has 22 heavy (non-hydrogen) atoms. The van der Waals surface area contributed by atoms with E-state index in [0.717, 1.165) is 29.1 Å². The van der Waals surface area contributed by atoms with Crippen molar-refractivity contribution in [1.29, 1.82) is 0 Å². The molecule has 0 bridgehead atoms. The second-order valence-corrected chi connectivity index (χ2v) is 5.28. The van der Waals surface area contributed by atoms with Gasteiger partial charge in [-0.2, -0.15) is 0 Å². The summed E-state index contributed by atoms with van der Waals surface area (Å²) in [5.74, 6) is 0.734. The Bertz CT molecular complexity index is 805. The molecule has 5 heteroatoms. The molecule has 5 nitrogen and oxygen atoms in total. The summed E-state index contributed by atoms with van der Waals surface area (Å²) in [6.07, 6.45) is 5.29. The minimum atomic E-state index is 0.0441. The van der Waals surface area contributed by atoms with E-state index in [-0.39, 0.29) is 5.91 Å². The van der Waals surface area contributed by atoms with Crippen molar-refractivity contribution < 1.29 is 4.79 Å². The van der Waals surface area contributed by atoms with E-state index < -0.39 is 0 Å².